The topological polar surface area (TPSA) is 0 Å². The predicted molar refractivity (Wildman–Crippen MR) is 112 cm³/mol. The minimum atomic E-state index is -5.64. The summed E-state index contributed by atoms with van der Waals surface area (Å²) in [4.78, 5) is 0.244. The summed E-state index contributed by atoms with van der Waals surface area (Å²) in [7, 11) is 0. The van der Waals surface area contributed by atoms with Gasteiger partial charge in [-0.15, -0.1) is 12.6 Å². The van der Waals surface area contributed by atoms with E-state index in [2.05, 4.69) is 25.8 Å². The van der Waals surface area contributed by atoms with Gasteiger partial charge in [0.15, 0.2) is 0 Å². The van der Waals surface area contributed by atoms with E-state index >= 15 is 0 Å². The molecule has 7 heteroatoms. The van der Waals surface area contributed by atoms with Crippen molar-refractivity contribution in [3.05, 3.63) is 78.4 Å². The van der Waals surface area contributed by atoms with Crippen LogP contribution in [0, 0.1) is 0 Å². The van der Waals surface area contributed by atoms with Crippen molar-refractivity contribution in [2.24, 2.45) is 0 Å². The standard InChI is InChI=1S/C18H16F6S.2C2H6/c1-4-5-13(7-6-12(2)3)16(17(19,20)21,18(22,23)24)14-8-10-15(25)11-9-14;2*1-2/h4-11,25H,1-2H2,3H3;2*1-2H3/b7-6-,13-5+;;. The summed E-state index contributed by atoms with van der Waals surface area (Å²) >= 11 is 3.91. The van der Waals surface area contributed by atoms with Crippen molar-refractivity contribution >= 4 is 12.6 Å². The Bertz CT molecular complexity index is 677. The number of alkyl halides is 6. The number of hydrogen-bond acceptors (Lipinski definition) is 1. The Labute approximate surface area is 175 Å². The van der Waals surface area contributed by atoms with Crippen molar-refractivity contribution in [1.29, 1.82) is 0 Å². The first-order chi connectivity index (χ1) is 13.4. The molecule has 0 aliphatic carbocycles. The van der Waals surface area contributed by atoms with Crippen LogP contribution in [0.2, 0.25) is 0 Å². The molecule has 164 valence electrons. The third-order valence-corrected chi connectivity index (χ3v) is 3.73. The smallest absolute Gasteiger partial charge is 0.169 e. The van der Waals surface area contributed by atoms with Gasteiger partial charge in [-0.2, -0.15) is 26.3 Å². The number of thiol groups is 1. The minimum Gasteiger partial charge on any atom is -0.169 e. The maximum atomic E-state index is 13.9. The Balaban J connectivity index is 0. The second-order valence-electron chi connectivity index (χ2n) is 5.33. The third-order valence-electron chi connectivity index (χ3n) is 3.43. The summed E-state index contributed by atoms with van der Waals surface area (Å²) < 4.78 is 83.3. The van der Waals surface area contributed by atoms with E-state index in [4.69, 9.17) is 0 Å². The van der Waals surface area contributed by atoms with Gasteiger partial charge in [-0.1, -0.05) is 82.9 Å². The lowest BCUT2D eigenvalue weighted by molar-refractivity contribution is -0.288. The van der Waals surface area contributed by atoms with E-state index in [9.17, 15) is 26.3 Å². The quantitative estimate of drug-likeness (QED) is 0.265. The molecule has 0 unspecified atom stereocenters. The fourth-order valence-electron chi connectivity index (χ4n) is 2.36. The van der Waals surface area contributed by atoms with Crippen LogP contribution in [0.25, 0.3) is 0 Å². The molecule has 0 spiro atoms. The average Bonchev–Trinajstić information content (AvgIpc) is 2.62. The van der Waals surface area contributed by atoms with Crippen molar-refractivity contribution in [2.75, 3.05) is 0 Å². The van der Waals surface area contributed by atoms with Gasteiger partial charge in [-0.25, -0.2) is 0 Å². The number of hydrogen-bond donors (Lipinski definition) is 1. The van der Waals surface area contributed by atoms with Crippen LogP contribution >= 0.6 is 12.6 Å². The molecule has 0 N–H and O–H groups in total. The number of allylic oxidation sites excluding steroid dienone is 6. The van der Waals surface area contributed by atoms with Gasteiger partial charge in [-0.3, -0.25) is 0 Å². The number of benzene rings is 1. The highest BCUT2D eigenvalue weighted by atomic mass is 32.1. The first-order valence-electron chi connectivity index (χ1n) is 8.97. The zero-order valence-electron chi connectivity index (χ0n) is 17.2. The maximum Gasteiger partial charge on any atom is 0.411 e. The molecule has 0 saturated carbocycles. The summed E-state index contributed by atoms with van der Waals surface area (Å²) in [6.45, 7) is 16.2. The second kappa shape index (κ2) is 12.6. The first-order valence-corrected chi connectivity index (χ1v) is 9.42. The molecule has 0 heterocycles. The molecular formula is C22H28F6S. The van der Waals surface area contributed by atoms with Gasteiger partial charge in [0, 0.05) is 4.90 Å². The lowest BCUT2D eigenvalue weighted by atomic mass is 9.72. The summed E-state index contributed by atoms with van der Waals surface area (Å²) in [5, 5.41) is 0. The monoisotopic (exact) mass is 438 g/mol. The molecular weight excluding hydrogens is 410 g/mol. The molecule has 0 bridgehead atoms. The summed E-state index contributed by atoms with van der Waals surface area (Å²) in [5.74, 6) is 0. The zero-order chi connectivity index (χ0) is 23.5. The van der Waals surface area contributed by atoms with Crippen LogP contribution < -0.4 is 0 Å². The van der Waals surface area contributed by atoms with Crippen LogP contribution in [0.5, 0.6) is 0 Å². The Hall–Kier alpha value is -1.89. The SMILES string of the molecule is C=C/C=C(\C=C/C(=C)C)C(c1ccc(S)cc1)(C(F)(F)F)C(F)(F)F.CC.CC. The Morgan fingerprint density at radius 3 is 1.59 bits per heavy atom. The highest BCUT2D eigenvalue weighted by Gasteiger charge is 2.72. The van der Waals surface area contributed by atoms with Crippen molar-refractivity contribution in [1.82, 2.24) is 0 Å². The Morgan fingerprint density at radius 2 is 1.28 bits per heavy atom. The molecule has 29 heavy (non-hydrogen) atoms. The predicted octanol–water partition coefficient (Wildman–Crippen LogP) is 8.63. The summed E-state index contributed by atoms with van der Waals surface area (Å²) in [5.41, 5.74) is -5.86. The molecule has 1 rings (SSSR count). The van der Waals surface area contributed by atoms with E-state index in [1.807, 2.05) is 27.7 Å². The van der Waals surface area contributed by atoms with Gasteiger partial charge in [-0.05, 0) is 30.2 Å². The van der Waals surface area contributed by atoms with Crippen molar-refractivity contribution in [3.8, 4) is 0 Å². The Kier molecular flexibility index (Phi) is 12.8. The third kappa shape index (κ3) is 7.14. The number of rotatable bonds is 5. The lowest BCUT2D eigenvalue weighted by Crippen LogP contribution is -2.55. The van der Waals surface area contributed by atoms with Crippen molar-refractivity contribution < 1.29 is 26.3 Å². The van der Waals surface area contributed by atoms with Crippen LogP contribution in [-0.2, 0) is 5.41 Å². The van der Waals surface area contributed by atoms with Crippen LogP contribution in [0.15, 0.2) is 77.8 Å². The summed E-state index contributed by atoms with van der Waals surface area (Å²) in [6, 6.07) is 3.71. The summed E-state index contributed by atoms with van der Waals surface area (Å²) in [6.07, 6.45) is -7.84. The van der Waals surface area contributed by atoms with Gasteiger partial charge in [0.1, 0.15) is 0 Å². The van der Waals surface area contributed by atoms with Gasteiger partial charge >= 0.3 is 12.4 Å². The molecule has 0 atom stereocenters. The van der Waals surface area contributed by atoms with Crippen molar-refractivity contribution in [3.63, 3.8) is 0 Å². The molecule has 1 aromatic rings. The number of halogens is 6. The van der Waals surface area contributed by atoms with E-state index in [-0.39, 0.29) is 4.90 Å². The van der Waals surface area contributed by atoms with Gasteiger partial charge in [0.05, 0.1) is 0 Å². The molecule has 0 nitrogen and oxygen atoms in total. The normalized spacial score (nSPS) is 12.5. The molecule has 0 aliphatic rings. The largest absolute Gasteiger partial charge is 0.411 e. The van der Waals surface area contributed by atoms with Gasteiger partial charge < -0.3 is 0 Å². The highest BCUT2D eigenvalue weighted by Crippen LogP contribution is 2.56. The van der Waals surface area contributed by atoms with Gasteiger partial charge in [0.25, 0.3) is 0 Å². The van der Waals surface area contributed by atoms with E-state index in [1.165, 1.54) is 6.92 Å². The molecule has 0 saturated heterocycles. The van der Waals surface area contributed by atoms with E-state index in [0.717, 1.165) is 42.5 Å². The van der Waals surface area contributed by atoms with Crippen LogP contribution in [0.4, 0.5) is 26.3 Å². The fourth-order valence-corrected chi connectivity index (χ4v) is 2.51. The molecule has 0 aliphatic heterocycles. The lowest BCUT2D eigenvalue weighted by Gasteiger charge is -2.39. The van der Waals surface area contributed by atoms with Crippen LogP contribution in [-0.4, -0.2) is 12.4 Å². The Morgan fingerprint density at radius 1 is 0.862 bits per heavy atom. The van der Waals surface area contributed by atoms with Crippen LogP contribution in [0.3, 0.4) is 0 Å². The zero-order valence-corrected chi connectivity index (χ0v) is 18.1. The maximum absolute atomic E-state index is 13.9. The second-order valence-corrected chi connectivity index (χ2v) is 5.85. The molecule has 0 radical (unpaired) electrons. The molecule has 0 fully saturated rings. The molecule has 0 aromatic heterocycles. The highest BCUT2D eigenvalue weighted by molar-refractivity contribution is 7.80. The molecule has 1 aromatic carbocycles. The average molecular weight is 439 g/mol. The van der Waals surface area contributed by atoms with Gasteiger partial charge in [0.2, 0.25) is 5.41 Å². The fraction of sp³-hybridized carbons (Fsp3) is 0.364. The van der Waals surface area contributed by atoms with E-state index < -0.39 is 28.9 Å². The van der Waals surface area contributed by atoms with Crippen molar-refractivity contribution in [2.45, 2.75) is 57.3 Å². The van der Waals surface area contributed by atoms with E-state index in [0.29, 0.717) is 11.6 Å². The first kappa shape index (κ1) is 29.3. The van der Waals surface area contributed by atoms with Crippen LogP contribution in [0.1, 0.15) is 40.2 Å². The minimum absolute atomic E-state index is 0.244. The van der Waals surface area contributed by atoms with E-state index in [1.54, 1.807) is 0 Å². The molecule has 0 amide bonds.